The number of carbonyl (C=O) groups excluding carboxylic acids is 1. The third-order valence-electron chi connectivity index (χ3n) is 5.50. The summed E-state index contributed by atoms with van der Waals surface area (Å²) in [6.07, 6.45) is 11.1. The Morgan fingerprint density at radius 2 is 1.10 bits per heavy atom. The molecule has 0 saturated heterocycles. The zero-order valence-electron chi connectivity index (χ0n) is 19.8. The Balaban J connectivity index is 0.000000579. The quantitative estimate of drug-likeness (QED) is 0.213. The summed E-state index contributed by atoms with van der Waals surface area (Å²) in [6.45, 7) is 16.4. The minimum absolute atomic E-state index is 0.151. The van der Waals surface area contributed by atoms with Crippen LogP contribution >= 0.6 is 0 Å². The Morgan fingerprint density at radius 3 is 1.33 bits per heavy atom. The maximum absolute atomic E-state index is 10.8. The molecular weight excluding hydrogens is 398 g/mol. The van der Waals surface area contributed by atoms with Crippen LogP contribution in [0.15, 0.2) is 29.2 Å². The maximum atomic E-state index is 10.8. The van der Waals surface area contributed by atoms with E-state index in [0.717, 1.165) is 0 Å². The van der Waals surface area contributed by atoms with E-state index in [9.17, 15) is 13.2 Å². The van der Waals surface area contributed by atoms with Gasteiger partial charge in [-0.15, -0.1) is 0 Å². The molecule has 0 heterocycles. The predicted molar refractivity (Wildman–Crippen MR) is 126 cm³/mol. The molecule has 0 bridgehead atoms. The van der Waals surface area contributed by atoms with E-state index in [0.29, 0.717) is 5.56 Å². The molecule has 5 nitrogen and oxygen atoms in total. The molecule has 1 N–H and O–H groups in total. The molecule has 0 aromatic heterocycles. The maximum Gasteiger partial charge on any atom is 0.294 e. The van der Waals surface area contributed by atoms with E-state index in [1.54, 1.807) is 0 Å². The van der Waals surface area contributed by atoms with Crippen LogP contribution in [0.5, 0.6) is 0 Å². The van der Waals surface area contributed by atoms with Crippen LogP contribution in [-0.4, -0.2) is 49.4 Å². The number of ketones is 1. The normalized spacial score (nSPS) is 11.7. The molecule has 0 aliphatic rings. The molecule has 1 aromatic carbocycles. The van der Waals surface area contributed by atoms with Crippen molar-refractivity contribution < 1.29 is 22.2 Å². The highest BCUT2D eigenvalue weighted by Crippen LogP contribution is 2.16. The van der Waals surface area contributed by atoms with Crippen LogP contribution < -0.4 is 0 Å². The van der Waals surface area contributed by atoms with Gasteiger partial charge in [0, 0.05) is 5.56 Å². The third-order valence-corrected chi connectivity index (χ3v) is 6.37. The topological polar surface area (TPSA) is 71.4 Å². The summed E-state index contributed by atoms with van der Waals surface area (Å²) in [7, 11) is -4.16. The minimum Gasteiger partial charge on any atom is -0.324 e. The number of benzene rings is 1. The van der Waals surface area contributed by atoms with Gasteiger partial charge >= 0.3 is 0 Å². The zero-order valence-corrected chi connectivity index (χ0v) is 20.6. The molecule has 0 unspecified atom stereocenters. The molecular formula is C24H44NO4S+. The molecule has 0 fully saturated rings. The van der Waals surface area contributed by atoms with Gasteiger partial charge in [0.25, 0.3) is 10.1 Å². The van der Waals surface area contributed by atoms with Crippen LogP contribution in [0.3, 0.4) is 0 Å². The largest absolute Gasteiger partial charge is 0.324 e. The molecule has 0 aliphatic carbocycles. The van der Waals surface area contributed by atoms with Crippen molar-refractivity contribution in [1.29, 1.82) is 0 Å². The number of rotatable bonds is 14. The fourth-order valence-corrected chi connectivity index (χ4v) is 3.99. The van der Waals surface area contributed by atoms with E-state index in [4.69, 9.17) is 4.55 Å². The van der Waals surface area contributed by atoms with Crippen molar-refractivity contribution in [2.75, 3.05) is 26.2 Å². The van der Waals surface area contributed by atoms with Crippen LogP contribution in [0, 0.1) is 0 Å². The van der Waals surface area contributed by atoms with Crippen LogP contribution in [0.25, 0.3) is 0 Å². The zero-order chi connectivity index (χ0) is 23.0. The van der Waals surface area contributed by atoms with Crippen molar-refractivity contribution in [2.24, 2.45) is 0 Å². The Bertz CT molecular complexity index is 646. The second kappa shape index (κ2) is 15.5. The number of hydrogen-bond acceptors (Lipinski definition) is 3. The van der Waals surface area contributed by atoms with Crippen LogP contribution in [0.2, 0.25) is 0 Å². The van der Waals surface area contributed by atoms with Crippen molar-refractivity contribution in [3.63, 3.8) is 0 Å². The molecule has 0 atom stereocenters. The molecule has 0 spiro atoms. The lowest BCUT2D eigenvalue weighted by Gasteiger charge is -2.39. The van der Waals surface area contributed by atoms with Crippen molar-refractivity contribution in [3.05, 3.63) is 29.8 Å². The van der Waals surface area contributed by atoms with Gasteiger partial charge in [-0.2, -0.15) is 8.42 Å². The highest BCUT2D eigenvalue weighted by Gasteiger charge is 2.24. The fraction of sp³-hybridized carbons (Fsp3) is 0.708. The number of carbonyl (C=O) groups is 1. The lowest BCUT2D eigenvalue weighted by molar-refractivity contribution is -0.929. The fourth-order valence-electron chi connectivity index (χ4n) is 3.51. The van der Waals surface area contributed by atoms with Gasteiger partial charge in [0.1, 0.15) is 0 Å². The summed E-state index contributed by atoms with van der Waals surface area (Å²) >= 11 is 0. The Morgan fingerprint density at radius 1 is 0.767 bits per heavy atom. The van der Waals surface area contributed by atoms with Gasteiger partial charge in [-0.25, -0.2) is 0 Å². The average molecular weight is 443 g/mol. The molecule has 0 radical (unpaired) electrons. The average Bonchev–Trinajstić information content (AvgIpc) is 2.72. The summed E-state index contributed by atoms with van der Waals surface area (Å²) in [5, 5.41) is 0. The molecule has 0 amide bonds. The molecule has 30 heavy (non-hydrogen) atoms. The molecule has 174 valence electrons. The second-order valence-electron chi connectivity index (χ2n) is 8.21. The van der Waals surface area contributed by atoms with Crippen LogP contribution in [0.1, 0.15) is 96.3 Å². The van der Waals surface area contributed by atoms with Crippen LogP contribution in [0.4, 0.5) is 0 Å². The Kier molecular flexibility index (Phi) is 14.9. The lowest BCUT2D eigenvalue weighted by Crippen LogP contribution is -2.50. The number of quaternary nitrogens is 1. The van der Waals surface area contributed by atoms with E-state index >= 15 is 0 Å². The van der Waals surface area contributed by atoms with E-state index in [1.807, 2.05) is 0 Å². The van der Waals surface area contributed by atoms with Crippen molar-refractivity contribution in [2.45, 2.75) is 90.9 Å². The van der Waals surface area contributed by atoms with E-state index in [-0.39, 0.29) is 10.7 Å². The number of hydrogen-bond donors (Lipinski definition) is 1. The van der Waals surface area contributed by atoms with Gasteiger partial charge in [-0.3, -0.25) is 9.35 Å². The summed E-state index contributed by atoms with van der Waals surface area (Å²) < 4.78 is 31.2. The summed E-state index contributed by atoms with van der Waals surface area (Å²) in [5.41, 5.74) is 0.410. The van der Waals surface area contributed by atoms with E-state index < -0.39 is 10.1 Å². The first-order valence-corrected chi connectivity index (χ1v) is 13.0. The molecule has 1 rings (SSSR count). The molecule has 6 heteroatoms. The summed E-state index contributed by atoms with van der Waals surface area (Å²) in [4.78, 5) is 10.6. The summed E-state index contributed by atoms with van der Waals surface area (Å²) in [6, 6.07) is 5.08. The Hall–Kier alpha value is -1.24. The monoisotopic (exact) mass is 442 g/mol. The van der Waals surface area contributed by atoms with Crippen molar-refractivity contribution in [3.8, 4) is 0 Å². The number of Topliss-reactive ketones (excluding diaryl/α,β-unsaturated/α-hetero) is 1. The molecule has 0 aliphatic heterocycles. The van der Waals surface area contributed by atoms with Gasteiger partial charge in [0.15, 0.2) is 5.78 Å². The van der Waals surface area contributed by atoms with Gasteiger partial charge in [0.05, 0.1) is 31.1 Å². The first-order valence-electron chi connectivity index (χ1n) is 11.6. The Labute approximate surface area is 185 Å². The van der Waals surface area contributed by atoms with E-state index in [1.165, 1.54) is 113 Å². The minimum atomic E-state index is -4.16. The van der Waals surface area contributed by atoms with Gasteiger partial charge in [0.2, 0.25) is 0 Å². The number of unbranched alkanes of at least 4 members (excludes halogenated alkanes) is 4. The van der Waals surface area contributed by atoms with Gasteiger partial charge in [-0.1, -0.05) is 65.5 Å². The summed E-state index contributed by atoms with van der Waals surface area (Å²) in [5.74, 6) is -0.151. The van der Waals surface area contributed by atoms with Crippen molar-refractivity contribution in [1.82, 2.24) is 0 Å². The highest BCUT2D eigenvalue weighted by atomic mass is 32.2. The van der Waals surface area contributed by atoms with Crippen molar-refractivity contribution >= 4 is 15.9 Å². The van der Waals surface area contributed by atoms with E-state index in [2.05, 4.69) is 27.7 Å². The first-order chi connectivity index (χ1) is 14.2. The molecule has 0 saturated carbocycles. The van der Waals surface area contributed by atoms with Gasteiger partial charge < -0.3 is 4.48 Å². The SMILES string of the molecule is CC(=O)c1ccc(S(=O)(=O)O)cc1.CCCC[N+](CCCC)(CCCC)CCCC. The predicted octanol–water partition coefficient (Wildman–Crippen LogP) is 6.14. The van der Waals surface area contributed by atoms with Gasteiger partial charge in [-0.05, 0) is 44.7 Å². The molecule has 1 aromatic rings. The first kappa shape index (κ1) is 28.8. The lowest BCUT2D eigenvalue weighted by atomic mass is 10.1. The standard InChI is InChI=1S/C16H36N.C8H8O4S/c1-5-9-13-17(14-10-6-2,15-11-7-3)16-12-8-4;1-6(9)7-2-4-8(5-3-7)13(10,11)12/h5-16H2,1-4H3;2-5H,1H3,(H,10,11,12)/q+1;. The van der Waals surface area contributed by atoms with Crippen LogP contribution in [-0.2, 0) is 10.1 Å². The second-order valence-corrected chi connectivity index (χ2v) is 9.63. The number of nitrogens with zero attached hydrogens (tertiary/aromatic N) is 1. The third kappa shape index (κ3) is 11.8. The highest BCUT2D eigenvalue weighted by molar-refractivity contribution is 7.85. The smallest absolute Gasteiger partial charge is 0.294 e.